The van der Waals surface area contributed by atoms with Gasteiger partial charge in [0.2, 0.25) is 0 Å². The van der Waals surface area contributed by atoms with Gasteiger partial charge in [0.05, 0.1) is 6.54 Å². The molecule has 0 aliphatic rings. The number of pyridine rings is 1. The number of aromatic nitrogens is 1. The maximum atomic E-state index is 11.0. The van der Waals surface area contributed by atoms with Crippen molar-refractivity contribution in [1.29, 1.82) is 0 Å². The number of esters is 1. The van der Waals surface area contributed by atoms with Gasteiger partial charge in [-0.3, -0.25) is 9.78 Å². The molecule has 0 fully saturated rings. The van der Waals surface area contributed by atoms with Gasteiger partial charge in [0.25, 0.3) is 0 Å². The number of ether oxygens (including phenoxy) is 1. The first kappa shape index (κ1) is 9.61. The average Bonchev–Trinajstić information content (AvgIpc) is 2.29. The SMILES string of the molecule is NCC(=O)Oc1cccc2cccnc12. The number of carbonyl (C=O) groups excluding carboxylic acids is 1. The molecule has 2 aromatic rings. The summed E-state index contributed by atoms with van der Waals surface area (Å²) in [7, 11) is 0. The third kappa shape index (κ3) is 1.94. The molecule has 0 bridgehead atoms. The fraction of sp³-hybridized carbons (Fsp3) is 0.0909. The molecular formula is C11H10N2O2. The van der Waals surface area contributed by atoms with Crippen LogP contribution in [0, 0.1) is 0 Å². The van der Waals surface area contributed by atoms with Crippen LogP contribution in [0.3, 0.4) is 0 Å². The van der Waals surface area contributed by atoms with E-state index in [0.29, 0.717) is 11.3 Å². The Morgan fingerprint density at radius 2 is 2.13 bits per heavy atom. The van der Waals surface area contributed by atoms with Crippen LogP contribution in [0.2, 0.25) is 0 Å². The summed E-state index contributed by atoms with van der Waals surface area (Å²) in [6.45, 7) is -0.136. The molecule has 0 saturated carbocycles. The molecule has 2 rings (SSSR count). The first-order chi connectivity index (χ1) is 7.31. The number of para-hydroxylation sites is 1. The second-order valence-corrected chi connectivity index (χ2v) is 3.01. The van der Waals surface area contributed by atoms with Gasteiger partial charge < -0.3 is 10.5 Å². The molecule has 0 unspecified atom stereocenters. The molecule has 0 atom stereocenters. The molecule has 76 valence electrons. The zero-order valence-corrected chi connectivity index (χ0v) is 8.01. The van der Waals surface area contributed by atoms with E-state index in [1.807, 2.05) is 24.3 Å². The minimum absolute atomic E-state index is 0.136. The van der Waals surface area contributed by atoms with Gasteiger partial charge >= 0.3 is 5.97 Å². The van der Waals surface area contributed by atoms with Crippen LogP contribution in [0.5, 0.6) is 5.75 Å². The van der Waals surface area contributed by atoms with Crippen LogP contribution in [0.1, 0.15) is 0 Å². The van der Waals surface area contributed by atoms with E-state index < -0.39 is 5.97 Å². The van der Waals surface area contributed by atoms with Crippen molar-refractivity contribution in [2.45, 2.75) is 0 Å². The summed E-state index contributed by atoms with van der Waals surface area (Å²) in [5, 5.41) is 0.930. The smallest absolute Gasteiger partial charge is 0.325 e. The second-order valence-electron chi connectivity index (χ2n) is 3.01. The van der Waals surface area contributed by atoms with Crippen molar-refractivity contribution in [2.75, 3.05) is 6.54 Å². The van der Waals surface area contributed by atoms with Crippen LogP contribution < -0.4 is 10.5 Å². The Bertz CT molecular complexity index is 491. The van der Waals surface area contributed by atoms with Crippen LogP contribution >= 0.6 is 0 Å². The number of rotatable bonds is 2. The van der Waals surface area contributed by atoms with Crippen LogP contribution in [0.25, 0.3) is 10.9 Å². The number of hydrogen-bond donors (Lipinski definition) is 1. The lowest BCUT2D eigenvalue weighted by Crippen LogP contribution is -2.19. The van der Waals surface area contributed by atoms with Gasteiger partial charge in [0.1, 0.15) is 5.52 Å². The minimum Gasteiger partial charge on any atom is -0.423 e. The third-order valence-corrected chi connectivity index (χ3v) is 1.99. The summed E-state index contributed by atoms with van der Waals surface area (Å²) >= 11 is 0. The van der Waals surface area contributed by atoms with Crippen molar-refractivity contribution >= 4 is 16.9 Å². The lowest BCUT2D eigenvalue weighted by atomic mass is 10.2. The molecule has 0 spiro atoms. The number of carbonyl (C=O) groups is 1. The van der Waals surface area contributed by atoms with Crippen molar-refractivity contribution < 1.29 is 9.53 Å². The summed E-state index contributed by atoms with van der Waals surface area (Å²) in [5.74, 6) is -0.0169. The lowest BCUT2D eigenvalue weighted by molar-refractivity contribution is -0.132. The molecular weight excluding hydrogens is 192 g/mol. The molecule has 4 heteroatoms. The van der Waals surface area contributed by atoms with E-state index in [2.05, 4.69) is 4.98 Å². The zero-order chi connectivity index (χ0) is 10.7. The quantitative estimate of drug-likeness (QED) is 0.585. The molecule has 2 N–H and O–H groups in total. The Morgan fingerprint density at radius 1 is 1.33 bits per heavy atom. The highest BCUT2D eigenvalue weighted by atomic mass is 16.5. The van der Waals surface area contributed by atoms with E-state index in [0.717, 1.165) is 5.39 Å². The highest BCUT2D eigenvalue weighted by Gasteiger charge is 2.06. The molecule has 0 aliphatic carbocycles. The van der Waals surface area contributed by atoms with E-state index >= 15 is 0 Å². The zero-order valence-electron chi connectivity index (χ0n) is 8.01. The predicted octanol–water partition coefficient (Wildman–Crippen LogP) is 1.10. The van der Waals surface area contributed by atoms with Crippen molar-refractivity contribution in [3.63, 3.8) is 0 Å². The van der Waals surface area contributed by atoms with Gasteiger partial charge in [-0.15, -0.1) is 0 Å². The molecule has 4 nitrogen and oxygen atoms in total. The Hall–Kier alpha value is -1.94. The topological polar surface area (TPSA) is 65.2 Å². The number of fused-ring (bicyclic) bond motifs is 1. The number of nitrogens with two attached hydrogens (primary N) is 1. The van der Waals surface area contributed by atoms with E-state index in [9.17, 15) is 4.79 Å². The van der Waals surface area contributed by atoms with Crippen LogP contribution in [0.15, 0.2) is 36.5 Å². The molecule has 1 aromatic heterocycles. The van der Waals surface area contributed by atoms with Crippen molar-refractivity contribution in [1.82, 2.24) is 4.98 Å². The van der Waals surface area contributed by atoms with Gasteiger partial charge in [0.15, 0.2) is 5.75 Å². The van der Waals surface area contributed by atoms with Crippen molar-refractivity contribution in [3.05, 3.63) is 36.5 Å². The first-order valence-electron chi connectivity index (χ1n) is 4.56. The summed E-state index contributed by atoms with van der Waals surface area (Å²) in [5.41, 5.74) is 5.84. The fourth-order valence-corrected chi connectivity index (χ4v) is 1.32. The largest absolute Gasteiger partial charge is 0.423 e. The highest BCUT2D eigenvalue weighted by Crippen LogP contribution is 2.22. The monoisotopic (exact) mass is 202 g/mol. The minimum atomic E-state index is -0.465. The molecule has 0 saturated heterocycles. The summed E-state index contributed by atoms with van der Waals surface area (Å²) < 4.78 is 5.05. The van der Waals surface area contributed by atoms with E-state index in [1.165, 1.54) is 0 Å². The van der Waals surface area contributed by atoms with Gasteiger partial charge in [0, 0.05) is 11.6 Å². The molecule has 0 aliphatic heterocycles. The van der Waals surface area contributed by atoms with Gasteiger partial charge in [-0.05, 0) is 12.1 Å². The lowest BCUT2D eigenvalue weighted by Gasteiger charge is -2.05. The second kappa shape index (κ2) is 4.06. The van der Waals surface area contributed by atoms with Crippen LogP contribution in [-0.2, 0) is 4.79 Å². The standard InChI is InChI=1S/C11H10N2O2/c12-7-10(14)15-9-5-1-3-8-4-2-6-13-11(8)9/h1-6H,7,12H2. The van der Waals surface area contributed by atoms with Gasteiger partial charge in [-0.25, -0.2) is 0 Å². The van der Waals surface area contributed by atoms with Crippen molar-refractivity contribution in [2.24, 2.45) is 5.73 Å². The summed E-state index contributed by atoms with van der Waals surface area (Å²) in [6, 6.07) is 9.15. The maximum absolute atomic E-state index is 11.0. The number of nitrogens with zero attached hydrogens (tertiary/aromatic N) is 1. The predicted molar refractivity (Wildman–Crippen MR) is 56.4 cm³/mol. The Labute approximate surface area is 86.7 Å². The molecule has 1 heterocycles. The third-order valence-electron chi connectivity index (χ3n) is 1.99. The average molecular weight is 202 g/mol. The fourth-order valence-electron chi connectivity index (χ4n) is 1.32. The highest BCUT2D eigenvalue weighted by molar-refractivity contribution is 5.87. The molecule has 0 radical (unpaired) electrons. The number of benzene rings is 1. The Kier molecular flexibility index (Phi) is 2.60. The molecule has 1 aromatic carbocycles. The van der Waals surface area contributed by atoms with E-state index in [1.54, 1.807) is 12.3 Å². The summed E-state index contributed by atoms with van der Waals surface area (Å²) in [4.78, 5) is 15.2. The van der Waals surface area contributed by atoms with Gasteiger partial charge in [-0.1, -0.05) is 18.2 Å². The normalized spacial score (nSPS) is 10.2. The van der Waals surface area contributed by atoms with E-state index in [-0.39, 0.29) is 6.54 Å². The Balaban J connectivity index is 2.46. The van der Waals surface area contributed by atoms with Crippen LogP contribution in [0.4, 0.5) is 0 Å². The van der Waals surface area contributed by atoms with E-state index in [4.69, 9.17) is 10.5 Å². The van der Waals surface area contributed by atoms with Crippen molar-refractivity contribution in [3.8, 4) is 5.75 Å². The Morgan fingerprint density at radius 3 is 2.93 bits per heavy atom. The molecule has 15 heavy (non-hydrogen) atoms. The maximum Gasteiger partial charge on any atom is 0.325 e. The first-order valence-corrected chi connectivity index (χ1v) is 4.56. The summed E-state index contributed by atoms with van der Waals surface area (Å²) in [6.07, 6.45) is 1.65. The van der Waals surface area contributed by atoms with Crippen LogP contribution in [-0.4, -0.2) is 17.5 Å². The molecule has 0 amide bonds. The van der Waals surface area contributed by atoms with Gasteiger partial charge in [-0.2, -0.15) is 0 Å². The number of hydrogen-bond acceptors (Lipinski definition) is 4.